The van der Waals surface area contributed by atoms with Crippen molar-refractivity contribution < 1.29 is 4.79 Å². The van der Waals surface area contributed by atoms with Gasteiger partial charge in [-0.3, -0.25) is 4.79 Å². The van der Waals surface area contributed by atoms with Crippen LogP contribution >= 0.6 is 11.8 Å². The number of benzene rings is 3. The second kappa shape index (κ2) is 13.6. The molecule has 2 saturated heterocycles. The van der Waals surface area contributed by atoms with Gasteiger partial charge in [-0.15, -0.1) is 0 Å². The van der Waals surface area contributed by atoms with E-state index in [1.807, 2.05) is 12.1 Å². The van der Waals surface area contributed by atoms with E-state index in [1.54, 1.807) is 18.7 Å². The lowest BCUT2D eigenvalue weighted by Gasteiger charge is -2.48. The minimum Gasteiger partial charge on any atom is -0.371 e. The minimum atomic E-state index is -0.566. The van der Waals surface area contributed by atoms with Gasteiger partial charge < -0.3 is 15.1 Å². The van der Waals surface area contributed by atoms with Gasteiger partial charge in [-0.2, -0.15) is 5.26 Å². The molecule has 2 heterocycles. The molecule has 0 spiro atoms. The lowest BCUT2D eigenvalue weighted by molar-refractivity contribution is -0.120. The molecule has 6 rings (SSSR count). The Morgan fingerprint density at radius 3 is 2.25 bits per heavy atom. The Hall–Kier alpha value is -3.53. The molecule has 228 valence electrons. The zero-order valence-corrected chi connectivity index (χ0v) is 26.6. The predicted octanol–water partition coefficient (Wildman–Crippen LogP) is 7.40. The smallest absolute Gasteiger partial charge is 0.217 e. The van der Waals surface area contributed by atoms with Crippen LogP contribution in [0.4, 0.5) is 5.69 Å². The second-order valence-corrected chi connectivity index (χ2v) is 14.1. The molecule has 1 aliphatic carbocycles. The molecule has 2 aliphatic heterocycles. The first-order valence-corrected chi connectivity index (χ1v) is 17.0. The molecule has 6 heteroatoms. The lowest BCUT2D eigenvalue weighted by Crippen LogP contribution is -2.55. The largest absolute Gasteiger partial charge is 0.371 e. The maximum Gasteiger partial charge on any atom is 0.217 e. The Morgan fingerprint density at radius 2 is 1.64 bits per heavy atom. The molecule has 3 aliphatic rings. The summed E-state index contributed by atoms with van der Waals surface area (Å²) in [5, 5.41) is 14.1. The van der Waals surface area contributed by atoms with E-state index in [9.17, 15) is 10.1 Å². The van der Waals surface area contributed by atoms with Gasteiger partial charge in [-0.05, 0) is 92.2 Å². The third-order valence-electron chi connectivity index (χ3n) is 10.2. The Morgan fingerprint density at radius 1 is 0.977 bits per heavy atom. The van der Waals surface area contributed by atoms with E-state index < -0.39 is 5.41 Å². The highest BCUT2D eigenvalue weighted by molar-refractivity contribution is 7.99. The molecule has 3 aromatic carbocycles. The van der Waals surface area contributed by atoms with Crippen molar-refractivity contribution in [2.24, 2.45) is 17.8 Å². The minimum absolute atomic E-state index is 0.00995. The normalized spacial score (nSPS) is 22.5. The molecule has 1 saturated carbocycles. The van der Waals surface area contributed by atoms with Crippen molar-refractivity contribution in [3.05, 3.63) is 96.6 Å². The SMILES string of the molecule is C=Cc1ccc(Sc2ccc(N3CC(CN4CCC(C(C#N)(c5ccccc5)C5CCCC5NC(C)=O)CC4)C3)cc2)cc1. The summed E-state index contributed by atoms with van der Waals surface area (Å²) in [4.78, 5) is 19.7. The van der Waals surface area contributed by atoms with E-state index in [4.69, 9.17) is 0 Å². The van der Waals surface area contributed by atoms with E-state index in [1.165, 1.54) is 15.5 Å². The third kappa shape index (κ3) is 6.46. The average Bonchev–Trinajstić information content (AvgIpc) is 3.49. The number of nitrogens with zero attached hydrogens (tertiary/aromatic N) is 3. The van der Waals surface area contributed by atoms with Gasteiger partial charge in [0.25, 0.3) is 0 Å². The van der Waals surface area contributed by atoms with Gasteiger partial charge in [-0.1, -0.05) is 73.3 Å². The fourth-order valence-corrected chi connectivity index (χ4v) is 8.83. The predicted molar refractivity (Wildman–Crippen MR) is 181 cm³/mol. The first-order chi connectivity index (χ1) is 21.5. The number of hydrogen-bond donors (Lipinski definition) is 1. The van der Waals surface area contributed by atoms with E-state index in [0.29, 0.717) is 11.8 Å². The molecule has 1 amide bonds. The highest BCUT2D eigenvalue weighted by Gasteiger charge is 2.52. The molecule has 0 radical (unpaired) electrons. The fourth-order valence-electron chi connectivity index (χ4n) is 8.01. The molecule has 3 aromatic rings. The number of likely N-dealkylation sites (tertiary alicyclic amines) is 1. The van der Waals surface area contributed by atoms with Crippen LogP contribution in [-0.4, -0.2) is 49.6 Å². The topological polar surface area (TPSA) is 59.4 Å². The molecule has 3 fully saturated rings. The molecule has 44 heavy (non-hydrogen) atoms. The summed E-state index contributed by atoms with van der Waals surface area (Å²) in [6, 6.07) is 30.9. The summed E-state index contributed by atoms with van der Waals surface area (Å²) in [6.07, 6.45) is 6.94. The van der Waals surface area contributed by atoms with E-state index in [2.05, 4.69) is 101 Å². The molecule has 5 nitrogen and oxygen atoms in total. The van der Waals surface area contributed by atoms with Crippen molar-refractivity contribution in [3.63, 3.8) is 0 Å². The van der Waals surface area contributed by atoms with Crippen LogP contribution in [0.5, 0.6) is 0 Å². The Balaban J connectivity index is 1.03. The zero-order valence-electron chi connectivity index (χ0n) is 25.8. The van der Waals surface area contributed by atoms with E-state index in [-0.39, 0.29) is 17.9 Å². The highest BCUT2D eigenvalue weighted by Crippen LogP contribution is 2.50. The van der Waals surface area contributed by atoms with Gasteiger partial charge in [0.15, 0.2) is 0 Å². The summed E-state index contributed by atoms with van der Waals surface area (Å²) in [7, 11) is 0. The molecular weight excluding hydrogens is 561 g/mol. The van der Waals surface area contributed by atoms with Gasteiger partial charge in [0.2, 0.25) is 5.91 Å². The fraction of sp³-hybridized carbons (Fsp3) is 0.421. The van der Waals surface area contributed by atoms with Gasteiger partial charge >= 0.3 is 0 Å². The van der Waals surface area contributed by atoms with Gasteiger partial charge in [0, 0.05) is 59.9 Å². The molecule has 3 unspecified atom stereocenters. The maximum atomic E-state index is 12.1. The first-order valence-electron chi connectivity index (χ1n) is 16.2. The number of anilines is 1. The number of carbonyl (C=O) groups excluding carboxylic acids is 1. The Labute approximate surface area is 267 Å². The van der Waals surface area contributed by atoms with Gasteiger partial charge in [0.05, 0.1) is 11.5 Å². The number of nitrogens with one attached hydrogen (secondary N) is 1. The second-order valence-electron chi connectivity index (χ2n) is 12.9. The number of carbonyl (C=O) groups is 1. The van der Waals surface area contributed by atoms with Crippen molar-refractivity contribution in [3.8, 4) is 6.07 Å². The van der Waals surface area contributed by atoms with Crippen molar-refractivity contribution in [1.29, 1.82) is 5.26 Å². The number of amides is 1. The molecule has 0 bridgehead atoms. The Bertz CT molecular complexity index is 1450. The van der Waals surface area contributed by atoms with Crippen LogP contribution in [0.25, 0.3) is 6.08 Å². The van der Waals surface area contributed by atoms with Crippen LogP contribution in [0.3, 0.4) is 0 Å². The van der Waals surface area contributed by atoms with Crippen LogP contribution in [0, 0.1) is 29.1 Å². The summed E-state index contributed by atoms with van der Waals surface area (Å²) in [5.74, 6) is 1.13. The maximum absolute atomic E-state index is 12.1. The lowest BCUT2D eigenvalue weighted by atomic mass is 9.59. The van der Waals surface area contributed by atoms with Gasteiger partial charge in [0.1, 0.15) is 0 Å². The molecule has 3 atom stereocenters. The van der Waals surface area contributed by atoms with Crippen LogP contribution in [0.1, 0.15) is 50.2 Å². The number of piperidine rings is 1. The molecule has 0 aromatic heterocycles. The van der Waals surface area contributed by atoms with Crippen molar-refractivity contribution in [2.75, 3.05) is 37.6 Å². The number of hydrogen-bond acceptors (Lipinski definition) is 5. The summed E-state index contributed by atoms with van der Waals surface area (Å²) in [5.41, 5.74) is 3.01. The molecular formula is C38H44N4OS. The van der Waals surface area contributed by atoms with Crippen molar-refractivity contribution in [1.82, 2.24) is 10.2 Å². The van der Waals surface area contributed by atoms with Crippen molar-refractivity contribution in [2.45, 2.75) is 60.3 Å². The molecule has 1 N–H and O–H groups in total. The van der Waals surface area contributed by atoms with Gasteiger partial charge in [-0.25, -0.2) is 0 Å². The van der Waals surface area contributed by atoms with Crippen molar-refractivity contribution >= 4 is 29.4 Å². The summed E-state index contributed by atoms with van der Waals surface area (Å²) < 4.78 is 0. The Kier molecular flexibility index (Phi) is 9.44. The highest BCUT2D eigenvalue weighted by atomic mass is 32.2. The number of nitriles is 1. The summed E-state index contributed by atoms with van der Waals surface area (Å²) >= 11 is 1.79. The number of rotatable bonds is 10. The standard InChI is InChI=1S/C38H44N4OS/c1-3-29-12-16-34(17-13-29)44-35-18-14-33(15-19-35)42-25-30(26-42)24-41-22-20-32(21-23-41)38(27-39,31-8-5-4-6-9-31)36-10-7-11-37(36)40-28(2)43/h3-6,8-9,12-19,30,32,36-37H,1,7,10-11,20-26H2,2H3,(H,40,43). The third-order valence-corrected chi connectivity index (χ3v) is 11.2. The van der Waals surface area contributed by atoms with Crippen LogP contribution in [-0.2, 0) is 10.2 Å². The monoisotopic (exact) mass is 604 g/mol. The zero-order chi connectivity index (χ0) is 30.5. The average molecular weight is 605 g/mol. The first kappa shape index (κ1) is 30.5. The van der Waals surface area contributed by atoms with E-state index >= 15 is 0 Å². The van der Waals surface area contributed by atoms with E-state index in [0.717, 1.165) is 76.0 Å². The van der Waals surface area contributed by atoms with Crippen LogP contribution < -0.4 is 10.2 Å². The quantitative estimate of drug-likeness (QED) is 0.261. The summed E-state index contributed by atoms with van der Waals surface area (Å²) in [6.45, 7) is 10.8. The van der Waals surface area contributed by atoms with Crippen LogP contribution in [0.2, 0.25) is 0 Å². The van der Waals surface area contributed by atoms with Crippen LogP contribution in [0.15, 0.2) is 95.2 Å².